The zero-order valence-corrected chi connectivity index (χ0v) is 11.7. The van der Waals surface area contributed by atoms with E-state index in [0.29, 0.717) is 24.1 Å². The van der Waals surface area contributed by atoms with E-state index in [1.165, 1.54) is 9.80 Å². The Bertz CT molecular complexity index is 636. The minimum atomic E-state index is -0.900. The van der Waals surface area contributed by atoms with Gasteiger partial charge in [0, 0.05) is 12.7 Å². The van der Waals surface area contributed by atoms with Crippen molar-refractivity contribution in [2.24, 2.45) is 0 Å². The first kappa shape index (κ1) is 13.6. The fourth-order valence-corrected chi connectivity index (χ4v) is 2.78. The average molecular weight is 288 g/mol. The van der Waals surface area contributed by atoms with Gasteiger partial charge in [-0.05, 0) is 24.5 Å². The molecule has 6 nitrogen and oxygen atoms in total. The molecule has 0 atom stereocenters. The van der Waals surface area contributed by atoms with Gasteiger partial charge in [-0.3, -0.25) is 14.4 Å². The van der Waals surface area contributed by atoms with E-state index in [-0.39, 0.29) is 24.9 Å². The van der Waals surface area contributed by atoms with E-state index in [0.717, 1.165) is 0 Å². The molecule has 6 heteroatoms. The Labute approximate surface area is 122 Å². The van der Waals surface area contributed by atoms with Crippen LogP contribution in [0, 0.1) is 0 Å². The van der Waals surface area contributed by atoms with Crippen LogP contribution >= 0.6 is 0 Å². The van der Waals surface area contributed by atoms with Gasteiger partial charge in [-0.15, -0.1) is 0 Å². The van der Waals surface area contributed by atoms with Gasteiger partial charge in [0.15, 0.2) is 0 Å². The molecule has 2 fully saturated rings. The SMILES string of the molecule is CN1CC(=O)N(c2ccccc2C2(C(=O)O)CC2)CC1=O. The molecule has 0 spiro atoms. The molecule has 110 valence electrons. The summed E-state index contributed by atoms with van der Waals surface area (Å²) in [5.74, 6) is -1.21. The van der Waals surface area contributed by atoms with Crippen LogP contribution in [0.3, 0.4) is 0 Å². The van der Waals surface area contributed by atoms with Gasteiger partial charge < -0.3 is 14.9 Å². The number of nitrogens with zero attached hydrogens (tertiary/aromatic N) is 2. The normalized spacial score (nSPS) is 20.6. The Morgan fingerprint density at radius 2 is 1.81 bits per heavy atom. The van der Waals surface area contributed by atoms with Crippen molar-refractivity contribution in [3.05, 3.63) is 29.8 Å². The van der Waals surface area contributed by atoms with Crippen molar-refractivity contribution < 1.29 is 19.5 Å². The first-order valence-electron chi connectivity index (χ1n) is 6.83. The summed E-state index contributed by atoms with van der Waals surface area (Å²) >= 11 is 0. The topological polar surface area (TPSA) is 77.9 Å². The summed E-state index contributed by atoms with van der Waals surface area (Å²) < 4.78 is 0. The van der Waals surface area contributed by atoms with Crippen molar-refractivity contribution in [1.29, 1.82) is 0 Å². The Morgan fingerprint density at radius 3 is 2.43 bits per heavy atom. The number of carbonyl (C=O) groups is 3. The van der Waals surface area contributed by atoms with E-state index in [1.807, 2.05) is 0 Å². The molecule has 1 aliphatic carbocycles. The number of benzene rings is 1. The van der Waals surface area contributed by atoms with Crippen LogP contribution < -0.4 is 4.90 Å². The van der Waals surface area contributed by atoms with Gasteiger partial charge in [0.2, 0.25) is 11.8 Å². The summed E-state index contributed by atoms with van der Waals surface area (Å²) in [6.07, 6.45) is 1.13. The lowest BCUT2D eigenvalue weighted by atomic mass is 9.93. The summed E-state index contributed by atoms with van der Waals surface area (Å²) in [7, 11) is 1.59. The Kier molecular flexibility index (Phi) is 2.97. The molecule has 2 amide bonds. The molecule has 1 heterocycles. The maximum atomic E-state index is 12.2. The number of carboxylic acids is 1. The highest BCUT2D eigenvalue weighted by Crippen LogP contribution is 2.51. The third kappa shape index (κ3) is 2.07. The van der Waals surface area contributed by atoms with E-state index < -0.39 is 11.4 Å². The molecule has 0 bridgehead atoms. The van der Waals surface area contributed by atoms with E-state index in [2.05, 4.69) is 0 Å². The predicted molar refractivity (Wildman–Crippen MR) is 75.0 cm³/mol. The zero-order valence-electron chi connectivity index (χ0n) is 11.7. The maximum absolute atomic E-state index is 12.2. The summed E-state index contributed by atoms with van der Waals surface area (Å²) in [6.45, 7) is -0.0186. The van der Waals surface area contributed by atoms with Gasteiger partial charge in [-0.25, -0.2) is 0 Å². The van der Waals surface area contributed by atoms with E-state index in [9.17, 15) is 19.5 Å². The van der Waals surface area contributed by atoms with Crippen LogP contribution in [0.1, 0.15) is 18.4 Å². The molecule has 1 saturated carbocycles. The van der Waals surface area contributed by atoms with Crippen molar-refractivity contribution in [2.45, 2.75) is 18.3 Å². The Morgan fingerprint density at radius 1 is 1.14 bits per heavy atom. The van der Waals surface area contributed by atoms with Crippen LogP contribution in [0.5, 0.6) is 0 Å². The average Bonchev–Trinajstić information content (AvgIpc) is 3.24. The fourth-order valence-electron chi connectivity index (χ4n) is 2.78. The number of carboxylic acid groups (broad SMARTS) is 1. The number of rotatable bonds is 3. The molecule has 0 unspecified atom stereocenters. The summed E-state index contributed by atoms with van der Waals surface area (Å²) in [5, 5.41) is 9.46. The minimum absolute atomic E-state index is 0.0211. The van der Waals surface area contributed by atoms with Gasteiger partial charge in [0.1, 0.15) is 6.54 Å². The van der Waals surface area contributed by atoms with Crippen molar-refractivity contribution in [1.82, 2.24) is 4.90 Å². The zero-order chi connectivity index (χ0) is 15.2. The number of hydrogen-bond donors (Lipinski definition) is 1. The van der Waals surface area contributed by atoms with Crippen molar-refractivity contribution in [3.63, 3.8) is 0 Å². The van der Waals surface area contributed by atoms with Gasteiger partial charge in [0.05, 0.1) is 12.0 Å². The predicted octanol–water partition coefficient (Wildman–Crippen LogP) is 0.608. The molecule has 21 heavy (non-hydrogen) atoms. The van der Waals surface area contributed by atoms with Gasteiger partial charge in [0.25, 0.3) is 0 Å². The quantitative estimate of drug-likeness (QED) is 0.884. The number of hydrogen-bond acceptors (Lipinski definition) is 3. The molecule has 2 aliphatic rings. The monoisotopic (exact) mass is 288 g/mol. The minimum Gasteiger partial charge on any atom is -0.481 e. The second-order valence-electron chi connectivity index (χ2n) is 5.63. The molecule has 0 aromatic heterocycles. The van der Waals surface area contributed by atoms with Crippen LogP contribution in [-0.2, 0) is 19.8 Å². The van der Waals surface area contributed by atoms with Crippen LogP contribution in [0.4, 0.5) is 5.69 Å². The van der Waals surface area contributed by atoms with E-state index in [1.54, 1.807) is 31.3 Å². The van der Waals surface area contributed by atoms with Gasteiger partial charge in [-0.2, -0.15) is 0 Å². The first-order valence-corrected chi connectivity index (χ1v) is 6.83. The molecule has 1 aromatic rings. The number of likely N-dealkylation sites (N-methyl/N-ethyl adjacent to an activating group) is 1. The lowest BCUT2D eigenvalue weighted by Gasteiger charge is -2.33. The van der Waals surface area contributed by atoms with Crippen LogP contribution in [0.25, 0.3) is 0 Å². The van der Waals surface area contributed by atoms with Crippen molar-refractivity contribution in [3.8, 4) is 0 Å². The summed E-state index contributed by atoms with van der Waals surface area (Å²) in [4.78, 5) is 38.4. The van der Waals surface area contributed by atoms with Gasteiger partial charge in [-0.1, -0.05) is 18.2 Å². The standard InChI is InChI=1S/C15H16N2O4/c1-16-8-13(19)17(9-12(16)18)11-5-3-2-4-10(11)15(6-7-15)14(20)21/h2-5H,6-9H2,1H3,(H,20,21). The van der Waals surface area contributed by atoms with Crippen LogP contribution in [0.15, 0.2) is 24.3 Å². The smallest absolute Gasteiger partial charge is 0.314 e. The maximum Gasteiger partial charge on any atom is 0.314 e. The number of piperazine rings is 1. The molecule has 0 radical (unpaired) electrons. The fraction of sp³-hybridized carbons (Fsp3) is 0.400. The lowest BCUT2D eigenvalue weighted by Crippen LogP contribution is -2.52. The number of anilines is 1. The Hall–Kier alpha value is -2.37. The molecule has 1 saturated heterocycles. The van der Waals surface area contributed by atoms with Crippen molar-refractivity contribution >= 4 is 23.5 Å². The summed E-state index contributed by atoms with van der Waals surface area (Å²) in [5.41, 5.74) is 0.274. The third-order valence-electron chi connectivity index (χ3n) is 4.26. The number of para-hydroxylation sites is 1. The molecule has 3 rings (SSSR count). The highest BCUT2D eigenvalue weighted by atomic mass is 16.4. The van der Waals surface area contributed by atoms with Gasteiger partial charge >= 0.3 is 5.97 Å². The highest BCUT2D eigenvalue weighted by Gasteiger charge is 2.53. The third-order valence-corrected chi connectivity index (χ3v) is 4.26. The molecule has 1 N–H and O–H groups in total. The second-order valence-corrected chi connectivity index (χ2v) is 5.63. The largest absolute Gasteiger partial charge is 0.481 e. The summed E-state index contributed by atoms with van der Waals surface area (Å²) in [6, 6.07) is 6.98. The molecular formula is C15H16N2O4. The first-order chi connectivity index (χ1) is 9.95. The van der Waals surface area contributed by atoms with Crippen molar-refractivity contribution in [2.75, 3.05) is 25.0 Å². The lowest BCUT2D eigenvalue weighted by molar-refractivity contribution is -0.140. The van der Waals surface area contributed by atoms with Crippen LogP contribution in [-0.4, -0.2) is 47.9 Å². The molecule has 1 aliphatic heterocycles. The highest BCUT2D eigenvalue weighted by molar-refractivity contribution is 6.05. The second kappa shape index (κ2) is 4.58. The molecule has 1 aromatic carbocycles. The number of amides is 2. The van der Waals surface area contributed by atoms with Crippen LogP contribution in [0.2, 0.25) is 0 Å². The Balaban J connectivity index is 2.02. The number of carbonyl (C=O) groups excluding carboxylic acids is 2. The number of aliphatic carboxylic acids is 1. The molecular weight excluding hydrogens is 272 g/mol. The van der Waals surface area contributed by atoms with E-state index >= 15 is 0 Å². The van der Waals surface area contributed by atoms with E-state index in [4.69, 9.17) is 0 Å².